The number of hydrogen-bond acceptors (Lipinski definition) is 4. The lowest BCUT2D eigenvalue weighted by molar-refractivity contribution is 0.664. The summed E-state index contributed by atoms with van der Waals surface area (Å²) in [5.74, 6) is 0. The number of aromatic nitrogens is 2. The van der Waals surface area contributed by atoms with E-state index in [0.717, 1.165) is 66.4 Å². The van der Waals surface area contributed by atoms with Gasteiger partial charge in [-0.05, 0) is 72.8 Å². The molecule has 7 aromatic rings. The van der Waals surface area contributed by atoms with E-state index in [-0.39, 0.29) is 0 Å². The Kier molecular flexibility index (Phi) is 3.52. The summed E-state index contributed by atoms with van der Waals surface area (Å²) < 4.78 is 12.4. The van der Waals surface area contributed by atoms with E-state index in [2.05, 4.69) is 34.2 Å². The van der Waals surface area contributed by atoms with Gasteiger partial charge in [-0.15, -0.1) is 0 Å². The van der Waals surface area contributed by atoms with Crippen LogP contribution in [-0.2, 0) is 0 Å². The van der Waals surface area contributed by atoms with Crippen molar-refractivity contribution < 1.29 is 8.83 Å². The van der Waals surface area contributed by atoms with Crippen LogP contribution in [0.25, 0.3) is 66.4 Å². The number of fused-ring (bicyclic) bond motifs is 6. The summed E-state index contributed by atoms with van der Waals surface area (Å²) in [5, 5.41) is 4.18. The molecule has 0 saturated carbocycles. The van der Waals surface area contributed by atoms with Gasteiger partial charge in [-0.1, -0.05) is 12.1 Å². The predicted molar refractivity (Wildman–Crippen MR) is 127 cm³/mol. The first-order chi connectivity index (χ1) is 15.8. The molecule has 0 amide bonds. The van der Waals surface area contributed by atoms with Crippen LogP contribution in [-0.4, -0.2) is 9.97 Å². The number of benzene rings is 3. The van der Waals surface area contributed by atoms with Crippen LogP contribution in [0.3, 0.4) is 0 Å². The topological polar surface area (TPSA) is 52.1 Å². The van der Waals surface area contributed by atoms with Gasteiger partial charge in [-0.25, -0.2) is 0 Å². The summed E-state index contributed by atoms with van der Waals surface area (Å²) in [5.41, 5.74) is 7.40. The number of rotatable bonds is 2. The molecule has 32 heavy (non-hydrogen) atoms. The van der Waals surface area contributed by atoms with Crippen molar-refractivity contribution in [3.63, 3.8) is 0 Å². The first kappa shape index (κ1) is 17.3. The molecule has 0 aliphatic carbocycles. The van der Waals surface area contributed by atoms with Crippen molar-refractivity contribution >= 4 is 43.9 Å². The summed E-state index contributed by atoms with van der Waals surface area (Å²) in [6.45, 7) is 0. The van der Waals surface area contributed by atoms with Gasteiger partial charge in [-0.2, -0.15) is 0 Å². The maximum Gasteiger partial charge on any atom is 0.136 e. The molecule has 4 aromatic heterocycles. The highest BCUT2D eigenvalue weighted by atomic mass is 16.3. The van der Waals surface area contributed by atoms with Gasteiger partial charge in [0.25, 0.3) is 0 Å². The number of pyridine rings is 2. The highest BCUT2D eigenvalue weighted by Crippen LogP contribution is 2.38. The molecule has 7 rings (SSSR count). The Morgan fingerprint density at radius 2 is 0.906 bits per heavy atom. The normalized spacial score (nSPS) is 11.8. The lowest BCUT2D eigenvalue weighted by Crippen LogP contribution is -1.81. The van der Waals surface area contributed by atoms with E-state index >= 15 is 0 Å². The fourth-order valence-electron chi connectivity index (χ4n) is 4.43. The van der Waals surface area contributed by atoms with E-state index < -0.39 is 0 Å². The van der Waals surface area contributed by atoms with Crippen molar-refractivity contribution in [3.8, 4) is 22.5 Å². The van der Waals surface area contributed by atoms with Gasteiger partial charge >= 0.3 is 0 Å². The second kappa shape index (κ2) is 6.53. The Labute approximate surface area is 182 Å². The quantitative estimate of drug-likeness (QED) is 0.293. The zero-order valence-electron chi connectivity index (χ0n) is 16.9. The summed E-state index contributed by atoms with van der Waals surface area (Å²) >= 11 is 0. The van der Waals surface area contributed by atoms with Crippen LogP contribution in [0.5, 0.6) is 0 Å². The highest BCUT2D eigenvalue weighted by Gasteiger charge is 2.15. The van der Waals surface area contributed by atoms with Crippen LogP contribution in [0.1, 0.15) is 0 Å². The molecule has 0 saturated heterocycles. The zero-order valence-corrected chi connectivity index (χ0v) is 16.9. The van der Waals surface area contributed by atoms with E-state index in [9.17, 15) is 0 Å². The molecule has 0 aliphatic heterocycles. The lowest BCUT2D eigenvalue weighted by atomic mass is 10.0. The number of nitrogens with zero attached hydrogens (tertiary/aromatic N) is 2. The minimum Gasteiger partial charge on any atom is -0.456 e. The summed E-state index contributed by atoms with van der Waals surface area (Å²) in [4.78, 5) is 8.96. The van der Waals surface area contributed by atoms with Crippen LogP contribution in [0, 0.1) is 0 Å². The van der Waals surface area contributed by atoms with Crippen molar-refractivity contribution in [3.05, 3.63) is 97.3 Å². The molecule has 0 radical (unpaired) electrons. The average molecular weight is 412 g/mol. The van der Waals surface area contributed by atoms with Crippen molar-refractivity contribution in [2.75, 3.05) is 0 Å². The van der Waals surface area contributed by atoms with E-state index in [4.69, 9.17) is 8.83 Å². The molecule has 0 spiro atoms. The van der Waals surface area contributed by atoms with Crippen LogP contribution in [0.4, 0.5) is 0 Å². The van der Waals surface area contributed by atoms with Gasteiger partial charge in [0.15, 0.2) is 0 Å². The SMILES string of the molecule is c1ccc(-c2ccc3oc4cc5c(cc4c3c2)oc2ccc(-c3ccccn3)cc25)nc1. The summed E-state index contributed by atoms with van der Waals surface area (Å²) in [7, 11) is 0. The van der Waals surface area contributed by atoms with Gasteiger partial charge in [0.05, 0.1) is 11.4 Å². The first-order valence-corrected chi connectivity index (χ1v) is 10.5. The van der Waals surface area contributed by atoms with Gasteiger partial charge in [-0.3, -0.25) is 9.97 Å². The van der Waals surface area contributed by atoms with Gasteiger partial charge < -0.3 is 8.83 Å². The maximum atomic E-state index is 6.21. The van der Waals surface area contributed by atoms with Crippen molar-refractivity contribution in [1.82, 2.24) is 9.97 Å². The van der Waals surface area contributed by atoms with Crippen LogP contribution >= 0.6 is 0 Å². The van der Waals surface area contributed by atoms with Crippen LogP contribution in [0.2, 0.25) is 0 Å². The second-order valence-corrected chi connectivity index (χ2v) is 7.90. The molecule has 150 valence electrons. The molecule has 3 aromatic carbocycles. The largest absolute Gasteiger partial charge is 0.456 e. The Hall–Kier alpha value is -4.44. The number of furan rings is 2. The van der Waals surface area contributed by atoms with Crippen LogP contribution < -0.4 is 0 Å². The Morgan fingerprint density at radius 1 is 0.438 bits per heavy atom. The van der Waals surface area contributed by atoms with Crippen molar-refractivity contribution in [2.24, 2.45) is 0 Å². The second-order valence-electron chi connectivity index (χ2n) is 7.90. The fraction of sp³-hybridized carbons (Fsp3) is 0. The van der Waals surface area contributed by atoms with Crippen molar-refractivity contribution in [2.45, 2.75) is 0 Å². The molecule has 0 N–H and O–H groups in total. The smallest absolute Gasteiger partial charge is 0.136 e. The van der Waals surface area contributed by atoms with Gasteiger partial charge in [0.2, 0.25) is 0 Å². The highest BCUT2D eigenvalue weighted by molar-refractivity contribution is 6.15. The van der Waals surface area contributed by atoms with Gasteiger partial charge in [0, 0.05) is 45.1 Å². The Bertz CT molecular complexity index is 1630. The third-order valence-electron chi connectivity index (χ3n) is 5.98. The Balaban J connectivity index is 1.46. The summed E-state index contributed by atoms with van der Waals surface area (Å²) in [6, 6.07) is 28.4. The van der Waals surface area contributed by atoms with E-state index in [1.807, 2.05) is 73.1 Å². The van der Waals surface area contributed by atoms with E-state index in [0.29, 0.717) is 0 Å². The molecule has 0 bridgehead atoms. The third-order valence-corrected chi connectivity index (χ3v) is 5.98. The molecule has 0 unspecified atom stereocenters. The molecular formula is C28H16N2O2. The average Bonchev–Trinajstić information content (AvgIpc) is 3.40. The van der Waals surface area contributed by atoms with Crippen LogP contribution in [0.15, 0.2) is 106 Å². The molecule has 0 atom stereocenters. The number of hydrogen-bond donors (Lipinski definition) is 0. The lowest BCUT2D eigenvalue weighted by Gasteiger charge is -2.00. The van der Waals surface area contributed by atoms with Crippen molar-refractivity contribution in [1.29, 1.82) is 0 Å². The van der Waals surface area contributed by atoms with Gasteiger partial charge in [0.1, 0.15) is 22.3 Å². The maximum absolute atomic E-state index is 6.21. The first-order valence-electron chi connectivity index (χ1n) is 10.5. The summed E-state index contributed by atoms with van der Waals surface area (Å²) in [6.07, 6.45) is 3.62. The third kappa shape index (κ3) is 2.56. The molecule has 4 heteroatoms. The monoisotopic (exact) mass is 412 g/mol. The fourth-order valence-corrected chi connectivity index (χ4v) is 4.43. The molecule has 0 aliphatic rings. The molecule has 4 heterocycles. The standard InChI is InChI=1S/C28H16N2O2/c1-3-11-29-23(5-1)17-7-9-25-19(13-17)21-15-28-22(16-27(21)31-25)20-14-18(8-10-26(20)32-28)24-6-2-4-12-30-24/h1-16H. The molecule has 0 fully saturated rings. The minimum atomic E-state index is 0.844. The van der Waals surface area contributed by atoms with E-state index in [1.54, 1.807) is 0 Å². The zero-order chi connectivity index (χ0) is 21.1. The predicted octanol–water partition coefficient (Wildman–Crippen LogP) is 7.61. The Morgan fingerprint density at radius 3 is 1.34 bits per heavy atom. The molecule has 4 nitrogen and oxygen atoms in total. The van der Waals surface area contributed by atoms with E-state index in [1.165, 1.54) is 0 Å². The minimum absolute atomic E-state index is 0.844. The molecular weight excluding hydrogens is 396 g/mol.